The molecule has 2 saturated heterocycles. The average Bonchev–Trinajstić information content (AvgIpc) is 2.87. The lowest BCUT2D eigenvalue weighted by Gasteiger charge is -2.21. The maximum Gasteiger partial charge on any atom is 0.253 e. The normalized spacial score (nSPS) is 25.9. The Kier molecular flexibility index (Phi) is 4.85. The van der Waals surface area contributed by atoms with Gasteiger partial charge in [-0.2, -0.15) is 0 Å². The number of carbonyl (C=O) groups excluding carboxylic acids is 3. The number of hydrogen-bond acceptors (Lipinski definition) is 3. The van der Waals surface area contributed by atoms with Gasteiger partial charge in [-0.3, -0.25) is 19.3 Å². The molecule has 4 rings (SSSR count). The average molecular weight is 366 g/mol. The van der Waals surface area contributed by atoms with Crippen LogP contribution in [-0.4, -0.2) is 35.7 Å². The molecule has 0 unspecified atom stereocenters. The van der Waals surface area contributed by atoms with Crippen LogP contribution >= 0.6 is 0 Å². The molecule has 3 aliphatic rings. The second-order valence-corrected chi connectivity index (χ2v) is 7.97. The van der Waals surface area contributed by atoms with Crippen molar-refractivity contribution in [3.05, 3.63) is 41.5 Å². The summed E-state index contributed by atoms with van der Waals surface area (Å²) in [5, 5.41) is 0. The third-order valence-corrected chi connectivity index (χ3v) is 6.09. The summed E-state index contributed by atoms with van der Waals surface area (Å²) in [5.41, 5.74) is 2.37. The Morgan fingerprint density at radius 3 is 2.22 bits per heavy atom. The number of fused-ring (bicyclic) bond motifs is 1. The molecular formula is C22H26N2O3. The van der Waals surface area contributed by atoms with Gasteiger partial charge in [-0.15, -0.1) is 0 Å². The van der Waals surface area contributed by atoms with E-state index >= 15 is 0 Å². The van der Waals surface area contributed by atoms with Gasteiger partial charge in [0, 0.05) is 18.7 Å². The molecule has 0 spiro atoms. The zero-order chi connectivity index (χ0) is 19.0. The number of amides is 3. The minimum atomic E-state index is -0.236. The SMILES string of the molecule is CC1=CC[C@@H]2C(=O)N(c3ccc(C(=O)N4CCCCCC4)cc3)C(=O)[C@@H]2C1. The maximum atomic E-state index is 12.8. The highest BCUT2D eigenvalue weighted by Crippen LogP contribution is 2.39. The minimum absolute atomic E-state index is 0.0380. The first-order valence-electron chi connectivity index (χ1n) is 9.99. The highest BCUT2D eigenvalue weighted by atomic mass is 16.2. The zero-order valence-electron chi connectivity index (χ0n) is 15.8. The summed E-state index contributed by atoms with van der Waals surface area (Å²) in [4.78, 5) is 41.5. The molecule has 142 valence electrons. The van der Waals surface area contributed by atoms with Gasteiger partial charge in [-0.1, -0.05) is 24.5 Å². The molecule has 2 aliphatic heterocycles. The van der Waals surface area contributed by atoms with E-state index in [0.29, 0.717) is 24.1 Å². The third-order valence-electron chi connectivity index (χ3n) is 6.09. The van der Waals surface area contributed by atoms with Crippen LogP contribution in [0.5, 0.6) is 0 Å². The van der Waals surface area contributed by atoms with Crippen molar-refractivity contribution in [2.45, 2.75) is 45.4 Å². The van der Waals surface area contributed by atoms with E-state index in [1.165, 1.54) is 23.3 Å². The standard InChI is InChI=1S/C22H26N2O3/c1-15-6-11-18-19(14-15)22(27)24(21(18)26)17-9-7-16(8-10-17)20(25)23-12-4-2-3-5-13-23/h6-10,18-19H,2-5,11-14H2,1H3/t18-,19+/m0/s1. The van der Waals surface area contributed by atoms with Crippen LogP contribution in [0.25, 0.3) is 0 Å². The number of allylic oxidation sites excluding steroid dienone is 2. The number of rotatable bonds is 2. The number of benzene rings is 1. The maximum absolute atomic E-state index is 12.8. The van der Waals surface area contributed by atoms with Crippen LogP contribution in [0.3, 0.4) is 0 Å². The zero-order valence-corrected chi connectivity index (χ0v) is 15.8. The first-order valence-corrected chi connectivity index (χ1v) is 9.99. The second kappa shape index (κ2) is 7.29. The number of carbonyl (C=O) groups is 3. The van der Waals surface area contributed by atoms with Crippen molar-refractivity contribution in [3.63, 3.8) is 0 Å². The number of imide groups is 1. The van der Waals surface area contributed by atoms with E-state index in [0.717, 1.165) is 25.9 Å². The number of nitrogens with zero attached hydrogens (tertiary/aromatic N) is 2. The van der Waals surface area contributed by atoms with Crippen LogP contribution in [0.15, 0.2) is 35.9 Å². The molecule has 5 nitrogen and oxygen atoms in total. The van der Waals surface area contributed by atoms with Crippen molar-refractivity contribution in [3.8, 4) is 0 Å². The van der Waals surface area contributed by atoms with Crippen LogP contribution in [-0.2, 0) is 9.59 Å². The van der Waals surface area contributed by atoms with Crippen molar-refractivity contribution in [1.29, 1.82) is 0 Å². The summed E-state index contributed by atoms with van der Waals surface area (Å²) in [6.45, 7) is 3.62. The van der Waals surface area contributed by atoms with E-state index < -0.39 is 0 Å². The van der Waals surface area contributed by atoms with Crippen molar-refractivity contribution >= 4 is 23.4 Å². The van der Waals surface area contributed by atoms with Crippen LogP contribution in [0.2, 0.25) is 0 Å². The molecule has 2 atom stereocenters. The van der Waals surface area contributed by atoms with Gasteiger partial charge < -0.3 is 4.90 Å². The molecule has 1 aromatic carbocycles. The lowest BCUT2D eigenvalue weighted by Crippen LogP contribution is -2.32. The number of hydrogen-bond donors (Lipinski definition) is 0. The van der Waals surface area contributed by atoms with Gasteiger partial charge in [0.2, 0.25) is 11.8 Å². The molecule has 0 saturated carbocycles. The largest absolute Gasteiger partial charge is 0.339 e. The quantitative estimate of drug-likeness (QED) is 0.594. The van der Waals surface area contributed by atoms with Crippen LogP contribution < -0.4 is 4.90 Å². The molecule has 27 heavy (non-hydrogen) atoms. The van der Waals surface area contributed by atoms with E-state index in [4.69, 9.17) is 0 Å². The first kappa shape index (κ1) is 18.0. The van der Waals surface area contributed by atoms with Gasteiger partial charge in [-0.25, -0.2) is 0 Å². The van der Waals surface area contributed by atoms with Crippen molar-refractivity contribution in [2.24, 2.45) is 11.8 Å². The van der Waals surface area contributed by atoms with Gasteiger partial charge in [0.05, 0.1) is 17.5 Å². The van der Waals surface area contributed by atoms with Crippen LogP contribution in [0, 0.1) is 11.8 Å². The molecule has 0 aromatic heterocycles. The molecule has 0 radical (unpaired) electrons. The second-order valence-electron chi connectivity index (χ2n) is 7.97. The minimum Gasteiger partial charge on any atom is -0.339 e. The predicted molar refractivity (Wildman–Crippen MR) is 103 cm³/mol. The Labute approximate surface area is 160 Å². The molecule has 3 amide bonds. The van der Waals surface area contributed by atoms with E-state index in [1.54, 1.807) is 24.3 Å². The summed E-state index contributed by atoms with van der Waals surface area (Å²) in [5.74, 6) is -0.652. The van der Waals surface area contributed by atoms with E-state index in [9.17, 15) is 14.4 Å². The summed E-state index contributed by atoms with van der Waals surface area (Å²) in [6, 6.07) is 6.96. The van der Waals surface area contributed by atoms with Gasteiger partial charge in [-0.05, 0) is 56.9 Å². The summed E-state index contributed by atoms with van der Waals surface area (Å²) in [6.07, 6.45) is 7.84. The fourth-order valence-electron chi connectivity index (χ4n) is 4.50. The topological polar surface area (TPSA) is 57.7 Å². The summed E-state index contributed by atoms with van der Waals surface area (Å²) >= 11 is 0. The van der Waals surface area contributed by atoms with Gasteiger partial charge >= 0.3 is 0 Å². The van der Waals surface area contributed by atoms with E-state index in [-0.39, 0.29) is 29.6 Å². The van der Waals surface area contributed by atoms with Gasteiger partial charge in [0.25, 0.3) is 5.91 Å². The molecule has 2 heterocycles. The first-order chi connectivity index (χ1) is 13.1. The molecule has 0 N–H and O–H groups in total. The monoisotopic (exact) mass is 366 g/mol. The smallest absolute Gasteiger partial charge is 0.253 e. The number of anilines is 1. The summed E-state index contributed by atoms with van der Waals surface area (Å²) < 4.78 is 0. The summed E-state index contributed by atoms with van der Waals surface area (Å²) in [7, 11) is 0. The van der Waals surface area contributed by atoms with Gasteiger partial charge in [0.1, 0.15) is 0 Å². The Morgan fingerprint density at radius 1 is 0.926 bits per heavy atom. The third kappa shape index (κ3) is 3.31. The van der Waals surface area contributed by atoms with Crippen molar-refractivity contribution in [2.75, 3.05) is 18.0 Å². The Balaban J connectivity index is 1.51. The number of likely N-dealkylation sites (tertiary alicyclic amines) is 1. The Hall–Kier alpha value is -2.43. The van der Waals surface area contributed by atoms with E-state index in [2.05, 4.69) is 6.08 Å². The van der Waals surface area contributed by atoms with Crippen molar-refractivity contribution < 1.29 is 14.4 Å². The molecule has 0 bridgehead atoms. The van der Waals surface area contributed by atoms with Crippen LogP contribution in [0.1, 0.15) is 55.8 Å². The Bertz CT molecular complexity index is 788. The molecule has 2 fully saturated rings. The molecule has 1 aliphatic carbocycles. The molecule has 5 heteroatoms. The lowest BCUT2D eigenvalue weighted by atomic mass is 9.82. The van der Waals surface area contributed by atoms with E-state index in [1.807, 2.05) is 11.8 Å². The highest BCUT2D eigenvalue weighted by molar-refractivity contribution is 6.22. The molecular weight excluding hydrogens is 340 g/mol. The predicted octanol–water partition coefficient (Wildman–Crippen LogP) is 3.55. The molecule has 1 aromatic rings. The van der Waals surface area contributed by atoms with Crippen molar-refractivity contribution in [1.82, 2.24) is 4.90 Å². The van der Waals surface area contributed by atoms with Gasteiger partial charge in [0.15, 0.2) is 0 Å². The lowest BCUT2D eigenvalue weighted by molar-refractivity contribution is -0.122. The fourth-order valence-corrected chi connectivity index (χ4v) is 4.50. The Morgan fingerprint density at radius 2 is 1.56 bits per heavy atom. The fraction of sp³-hybridized carbons (Fsp3) is 0.500. The highest BCUT2D eigenvalue weighted by Gasteiger charge is 2.48. The van der Waals surface area contributed by atoms with Crippen LogP contribution in [0.4, 0.5) is 5.69 Å².